The third kappa shape index (κ3) is 8.35. The highest BCUT2D eigenvalue weighted by Gasteiger charge is 2.06. The molecule has 1 amide bonds. The maximum Gasteiger partial charge on any atom is 0.251 e. The van der Waals surface area contributed by atoms with Crippen molar-refractivity contribution in [3.05, 3.63) is 64.7 Å². The van der Waals surface area contributed by atoms with Crippen molar-refractivity contribution in [1.29, 1.82) is 0 Å². The fraction of sp³-hybridized carbons (Fsp3) is 0.300. The van der Waals surface area contributed by atoms with Crippen LogP contribution in [0.3, 0.4) is 0 Å². The van der Waals surface area contributed by atoms with Gasteiger partial charge >= 0.3 is 0 Å². The maximum atomic E-state index is 12.1. The molecule has 2 rings (SSSR count). The first-order chi connectivity index (χ1) is 13.1. The van der Waals surface area contributed by atoms with E-state index in [0.29, 0.717) is 30.4 Å². The molecular formula is C20H26ClIN4O2. The molecule has 0 heterocycles. The SMILES string of the molecule is CN=C(NCCNC(=O)c1cccc(OC)c1)NCCc1cccc(Cl)c1.I. The standard InChI is InChI=1S/C20H25ClN4O2.HI/c1-22-20(24-10-9-15-5-3-7-17(21)13-15)25-12-11-23-19(26)16-6-4-8-18(14-16)27-2;/h3-8,13-14H,9-12H2,1-2H3,(H,23,26)(H2,22,24,25);1H. The summed E-state index contributed by atoms with van der Waals surface area (Å²) < 4.78 is 5.13. The number of aliphatic imine (C=N–C) groups is 1. The van der Waals surface area contributed by atoms with Gasteiger partial charge in [0.1, 0.15) is 5.75 Å². The molecule has 0 aliphatic carbocycles. The summed E-state index contributed by atoms with van der Waals surface area (Å²) in [5.74, 6) is 1.21. The minimum Gasteiger partial charge on any atom is -0.497 e. The van der Waals surface area contributed by atoms with Gasteiger partial charge in [-0.25, -0.2) is 0 Å². The van der Waals surface area contributed by atoms with Crippen LogP contribution in [-0.4, -0.2) is 45.7 Å². The number of ether oxygens (including phenoxy) is 1. The van der Waals surface area contributed by atoms with Crippen molar-refractivity contribution in [2.75, 3.05) is 33.8 Å². The topological polar surface area (TPSA) is 74.8 Å². The molecule has 8 heteroatoms. The van der Waals surface area contributed by atoms with Crippen molar-refractivity contribution in [2.45, 2.75) is 6.42 Å². The zero-order valence-electron chi connectivity index (χ0n) is 16.0. The van der Waals surface area contributed by atoms with Crippen LogP contribution in [0.4, 0.5) is 0 Å². The molecule has 28 heavy (non-hydrogen) atoms. The molecule has 0 spiro atoms. The van der Waals surface area contributed by atoms with E-state index in [4.69, 9.17) is 16.3 Å². The van der Waals surface area contributed by atoms with Gasteiger partial charge in [-0.3, -0.25) is 9.79 Å². The fourth-order valence-corrected chi connectivity index (χ4v) is 2.67. The van der Waals surface area contributed by atoms with E-state index in [9.17, 15) is 4.79 Å². The summed E-state index contributed by atoms with van der Waals surface area (Å²) in [6.45, 7) is 1.77. The Morgan fingerprint density at radius 2 is 1.75 bits per heavy atom. The Hall–Kier alpha value is -2.00. The molecule has 0 saturated heterocycles. The molecule has 0 saturated carbocycles. The average Bonchev–Trinajstić information content (AvgIpc) is 2.69. The van der Waals surface area contributed by atoms with Gasteiger partial charge in [-0.15, -0.1) is 24.0 Å². The normalized spacial score (nSPS) is 10.6. The first-order valence-corrected chi connectivity index (χ1v) is 9.11. The van der Waals surface area contributed by atoms with Gasteiger partial charge in [0.15, 0.2) is 5.96 Å². The van der Waals surface area contributed by atoms with Crippen molar-refractivity contribution in [1.82, 2.24) is 16.0 Å². The second-order valence-corrected chi connectivity index (χ2v) is 6.23. The lowest BCUT2D eigenvalue weighted by Crippen LogP contribution is -2.42. The monoisotopic (exact) mass is 516 g/mol. The van der Waals surface area contributed by atoms with Gasteiger partial charge < -0.3 is 20.7 Å². The summed E-state index contributed by atoms with van der Waals surface area (Å²) in [5.41, 5.74) is 1.73. The average molecular weight is 517 g/mol. The Kier molecular flexibility index (Phi) is 11.4. The number of methoxy groups -OCH3 is 1. The van der Waals surface area contributed by atoms with Crippen LogP contribution in [0.15, 0.2) is 53.5 Å². The Labute approximate surface area is 188 Å². The Morgan fingerprint density at radius 3 is 2.46 bits per heavy atom. The predicted octanol–water partition coefficient (Wildman–Crippen LogP) is 3.10. The molecule has 0 aromatic heterocycles. The molecule has 0 bridgehead atoms. The Balaban J connectivity index is 0.00000392. The molecule has 2 aromatic carbocycles. The van der Waals surface area contributed by atoms with E-state index < -0.39 is 0 Å². The molecule has 0 atom stereocenters. The number of amides is 1. The molecule has 152 valence electrons. The molecule has 0 aliphatic rings. The third-order valence-corrected chi connectivity index (χ3v) is 4.09. The molecule has 0 radical (unpaired) electrons. The van der Waals surface area contributed by atoms with E-state index in [0.717, 1.165) is 23.6 Å². The van der Waals surface area contributed by atoms with Crippen LogP contribution in [0.25, 0.3) is 0 Å². The van der Waals surface area contributed by atoms with E-state index in [1.54, 1.807) is 38.4 Å². The molecule has 0 aliphatic heterocycles. The molecule has 6 nitrogen and oxygen atoms in total. The second kappa shape index (κ2) is 13.2. The van der Waals surface area contributed by atoms with Gasteiger partial charge in [-0.05, 0) is 42.3 Å². The fourth-order valence-electron chi connectivity index (χ4n) is 2.46. The van der Waals surface area contributed by atoms with Crippen molar-refractivity contribution in [3.8, 4) is 5.75 Å². The predicted molar refractivity (Wildman–Crippen MR) is 125 cm³/mol. The molecule has 3 N–H and O–H groups in total. The molecule has 0 fully saturated rings. The van der Waals surface area contributed by atoms with Crippen LogP contribution in [0.1, 0.15) is 15.9 Å². The highest BCUT2D eigenvalue weighted by atomic mass is 127. The summed E-state index contributed by atoms with van der Waals surface area (Å²) in [4.78, 5) is 16.3. The van der Waals surface area contributed by atoms with Gasteiger partial charge in [-0.1, -0.05) is 29.8 Å². The summed E-state index contributed by atoms with van der Waals surface area (Å²) in [6, 6.07) is 14.8. The summed E-state index contributed by atoms with van der Waals surface area (Å²) in [6.07, 6.45) is 0.841. The first-order valence-electron chi connectivity index (χ1n) is 8.73. The van der Waals surface area contributed by atoms with Crippen molar-refractivity contribution in [3.63, 3.8) is 0 Å². The number of hydrogen-bond acceptors (Lipinski definition) is 3. The summed E-state index contributed by atoms with van der Waals surface area (Å²) in [5, 5.41) is 10.0. The van der Waals surface area contributed by atoms with Crippen LogP contribution in [0, 0.1) is 0 Å². The second-order valence-electron chi connectivity index (χ2n) is 5.79. The maximum absolute atomic E-state index is 12.1. The number of halogens is 2. The van der Waals surface area contributed by atoms with Crippen LogP contribution >= 0.6 is 35.6 Å². The van der Waals surface area contributed by atoms with E-state index in [-0.39, 0.29) is 29.9 Å². The van der Waals surface area contributed by atoms with Crippen molar-refractivity contribution < 1.29 is 9.53 Å². The van der Waals surface area contributed by atoms with Crippen LogP contribution in [0.2, 0.25) is 5.02 Å². The molecule has 2 aromatic rings. The summed E-state index contributed by atoms with van der Waals surface area (Å²) >= 11 is 5.99. The lowest BCUT2D eigenvalue weighted by Gasteiger charge is -2.12. The zero-order chi connectivity index (χ0) is 19.5. The van der Waals surface area contributed by atoms with Crippen LogP contribution < -0.4 is 20.7 Å². The highest BCUT2D eigenvalue weighted by Crippen LogP contribution is 2.12. The number of rotatable bonds is 8. The Morgan fingerprint density at radius 1 is 1.04 bits per heavy atom. The third-order valence-electron chi connectivity index (χ3n) is 3.85. The smallest absolute Gasteiger partial charge is 0.251 e. The van der Waals surface area contributed by atoms with Crippen molar-refractivity contribution in [2.24, 2.45) is 4.99 Å². The number of benzene rings is 2. The van der Waals surface area contributed by atoms with E-state index in [2.05, 4.69) is 20.9 Å². The van der Waals surface area contributed by atoms with Crippen LogP contribution in [-0.2, 0) is 6.42 Å². The Bertz CT molecular complexity index is 786. The van der Waals surface area contributed by atoms with Gasteiger partial charge in [0.25, 0.3) is 5.91 Å². The largest absolute Gasteiger partial charge is 0.497 e. The van der Waals surface area contributed by atoms with E-state index >= 15 is 0 Å². The first kappa shape index (κ1) is 24.0. The number of hydrogen-bond donors (Lipinski definition) is 3. The quantitative estimate of drug-likeness (QED) is 0.218. The van der Waals surface area contributed by atoms with Gasteiger partial charge in [0, 0.05) is 37.3 Å². The number of carbonyl (C=O) groups excluding carboxylic acids is 1. The van der Waals surface area contributed by atoms with E-state index in [1.165, 1.54) is 0 Å². The lowest BCUT2D eigenvalue weighted by atomic mass is 10.1. The number of nitrogens with one attached hydrogen (secondary N) is 3. The minimum atomic E-state index is -0.139. The number of carbonyl (C=O) groups is 1. The van der Waals surface area contributed by atoms with Crippen molar-refractivity contribution >= 4 is 47.4 Å². The van der Waals surface area contributed by atoms with Gasteiger partial charge in [-0.2, -0.15) is 0 Å². The minimum absolute atomic E-state index is 0. The molecular weight excluding hydrogens is 491 g/mol. The highest BCUT2D eigenvalue weighted by molar-refractivity contribution is 14.0. The van der Waals surface area contributed by atoms with Crippen LogP contribution in [0.5, 0.6) is 5.75 Å². The molecule has 0 unspecified atom stereocenters. The zero-order valence-corrected chi connectivity index (χ0v) is 19.1. The van der Waals surface area contributed by atoms with E-state index in [1.807, 2.05) is 24.3 Å². The number of guanidine groups is 1. The number of nitrogens with zero attached hydrogens (tertiary/aromatic N) is 1. The lowest BCUT2D eigenvalue weighted by molar-refractivity contribution is 0.0954. The van der Waals surface area contributed by atoms with Gasteiger partial charge in [0.05, 0.1) is 7.11 Å². The van der Waals surface area contributed by atoms with Gasteiger partial charge in [0.2, 0.25) is 0 Å². The summed E-state index contributed by atoms with van der Waals surface area (Å²) in [7, 11) is 3.29.